The lowest BCUT2D eigenvalue weighted by Gasteiger charge is -2.50. The Bertz CT molecular complexity index is 2080. The third-order valence-electron chi connectivity index (χ3n) is 15.9. The molecule has 0 radical (unpaired) electrons. The van der Waals surface area contributed by atoms with E-state index in [2.05, 4.69) is 60.4 Å². The quantitative estimate of drug-likeness (QED) is 0.141. The molecule has 65 heavy (non-hydrogen) atoms. The third kappa shape index (κ3) is 10.3. The van der Waals surface area contributed by atoms with E-state index >= 15 is 0 Å². The zero-order valence-electron chi connectivity index (χ0n) is 37.5. The molecule has 3 saturated heterocycles. The second-order valence-corrected chi connectivity index (χ2v) is 19.8. The second kappa shape index (κ2) is 19.7. The zero-order chi connectivity index (χ0) is 45.3. The summed E-state index contributed by atoms with van der Waals surface area (Å²) >= 11 is 0. The largest absolute Gasteiger partial charge is 0.494 e. The molecule has 1 amide bonds. The lowest BCUT2D eigenvalue weighted by molar-refractivity contribution is -0.148. The third-order valence-corrected chi connectivity index (χ3v) is 15.9. The summed E-state index contributed by atoms with van der Waals surface area (Å²) in [6.07, 6.45) is 2.64. The number of hydrogen-bond donors (Lipinski definition) is 5. The molecule has 5 N–H and O–H groups in total. The summed E-state index contributed by atoms with van der Waals surface area (Å²) in [5.41, 5.74) is 4.79. The number of aliphatic hydroxyl groups excluding tert-OH is 3. The number of benzene rings is 2. The predicted molar refractivity (Wildman–Crippen MR) is 240 cm³/mol. The van der Waals surface area contributed by atoms with E-state index in [4.69, 9.17) is 9.47 Å². The molecule has 13 nitrogen and oxygen atoms in total. The molecule has 16 heteroatoms. The SMILES string of the molecule is C[C@]12CC[C@@H]3c4ccc(OCCCNC(=O)c5ccc(N6CCC(CN7CCN(C[C@H]8OC[C@H](Nc9ccnc(C(F)(F)F)n9)[C@@H](O)[C@H]8O)CC7)CC6)cc5)cc4CC[C@H]3[C@@H]1CC[C@@H]2O. The van der Waals surface area contributed by atoms with Crippen molar-refractivity contribution in [1.29, 1.82) is 0 Å². The number of fused-ring (bicyclic) bond motifs is 5. The highest BCUT2D eigenvalue weighted by Gasteiger charge is 2.54. The minimum atomic E-state index is -4.70. The summed E-state index contributed by atoms with van der Waals surface area (Å²) in [4.78, 5) is 26.9. The Hall–Kier alpha value is -4.06. The van der Waals surface area contributed by atoms with Gasteiger partial charge in [-0.3, -0.25) is 9.69 Å². The van der Waals surface area contributed by atoms with E-state index in [0.717, 1.165) is 115 Å². The van der Waals surface area contributed by atoms with Gasteiger partial charge in [0.25, 0.3) is 5.91 Å². The van der Waals surface area contributed by atoms with Gasteiger partial charge in [-0.15, -0.1) is 0 Å². The van der Waals surface area contributed by atoms with Crippen LogP contribution < -0.4 is 20.3 Å². The van der Waals surface area contributed by atoms with E-state index in [-0.39, 0.29) is 29.9 Å². The van der Waals surface area contributed by atoms with Gasteiger partial charge in [0.15, 0.2) is 0 Å². The monoisotopic (exact) mass is 906 g/mol. The molecule has 3 aliphatic heterocycles. The van der Waals surface area contributed by atoms with Crippen LogP contribution in [0.1, 0.15) is 91.5 Å². The first-order chi connectivity index (χ1) is 31.3. The van der Waals surface area contributed by atoms with Crippen LogP contribution >= 0.6 is 0 Å². The van der Waals surface area contributed by atoms with E-state index < -0.39 is 36.4 Å². The molecule has 5 fully saturated rings. The van der Waals surface area contributed by atoms with E-state index in [0.29, 0.717) is 48.9 Å². The summed E-state index contributed by atoms with van der Waals surface area (Å²) in [7, 11) is 0. The van der Waals surface area contributed by atoms with Crippen LogP contribution in [0.25, 0.3) is 0 Å². The van der Waals surface area contributed by atoms with Gasteiger partial charge in [0, 0.05) is 76.4 Å². The van der Waals surface area contributed by atoms with Crippen LogP contribution in [0.2, 0.25) is 0 Å². The first kappa shape index (κ1) is 46.1. The molecule has 6 aliphatic rings. The van der Waals surface area contributed by atoms with Crippen LogP contribution in [0.15, 0.2) is 54.7 Å². The Kier molecular flexibility index (Phi) is 13.9. The molecular weight excluding hydrogens is 840 g/mol. The van der Waals surface area contributed by atoms with Crippen LogP contribution in [0.3, 0.4) is 0 Å². The number of piperidine rings is 1. The van der Waals surface area contributed by atoms with Crippen molar-refractivity contribution in [2.24, 2.45) is 23.2 Å². The summed E-state index contributed by atoms with van der Waals surface area (Å²) in [6, 6.07) is 15.0. The number of carbonyl (C=O) groups is 1. The second-order valence-electron chi connectivity index (χ2n) is 19.8. The van der Waals surface area contributed by atoms with Crippen molar-refractivity contribution in [3.63, 3.8) is 0 Å². The molecule has 4 heterocycles. The summed E-state index contributed by atoms with van der Waals surface area (Å²) in [5.74, 6) is 1.94. The van der Waals surface area contributed by atoms with Crippen LogP contribution in [0, 0.1) is 23.2 Å². The van der Waals surface area contributed by atoms with E-state index in [1.54, 1.807) is 0 Å². The highest BCUT2D eigenvalue weighted by molar-refractivity contribution is 5.94. The number of hydrogen-bond acceptors (Lipinski definition) is 12. The number of amides is 1. The number of carbonyl (C=O) groups excluding carboxylic acids is 1. The van der Waals surface area contributed by atoms with Gasteiger partial charge in [0.1, 0.15) is 23.8 Å². The smallest absolute Gasteiger partial charge is 0.451 e. The highest BCUT2D eigenvalue weighted by atomic mass is 19.4. The fraction of sp³-hybridized carbons (Fsp3) is 0.653. The number of aliphatic hydroxyl groups is 3. The van der Waals surface area contributed by atoms with Crippen LogP contribution in [-0.2, 0) is 17.3 Å². The highest BCUT2D eigenvalue weighted by Crippen LogP contribution is 2.61. The van der Waals surface area contributed by atoms with Gasteiger partial charge in [0.05, 0.1) is 31.5 Å². The molecule has 0 bridgehead atoms. The number of alkyl halides is 3. The van der Waals surface area contributed by atoms with Gasteiger partial charge in [-0.05, 0) is 140 Å². The maximum absolute atomic E-state index is 13.0. The van der Waals surface area contributed by atoms with E-state index in [1.165, 1.54) is 23.6 Å². The summed E-state index contributed by atoms with van der Waals surface area (Å²) in [5, 5.41) is 38.2. The normalized spacial score (nSPS) is 31.2. The van der Waals surface area contributed by atoms with Gasteiger partial charge in [-0.25, -0.2) is 9.97 Å². The van der Waals surface area contributed by atoms with Gasteiger partial charge in [0.2, 0.25) is 5.82 Å². The number of aromatic nitrogens is 2. The van der Waals surface area contributed by atoms with Crippen molar-refractivity contribution in [2.45, 2.75) is 107 Å². The number of rotatable bonds is 13. The molecular formula is C49H66F3N7O6. The van der Waals surface area contributed by atoms with Crippen LogP contribution in [-0.4, -0.2) is 144 Å². The number of anilines is 2. The lowest BCUT2D eigenvalue weighted by atomic mass is 9.55. The minimum absolute atomic E-state index is 0.00974. The maximum atomic E-state index is 13.0. The molecule has 0 spiro atoms. The molecule has 2 aromatic carbocycles. The van der Waals surface area contributed by atoms with Crippen LogP contribution in [0.5, 0.6) is 5.75 Å². The molecule has 9 rings (SSSR count). The number of nitrogens with one attached hydrogen (secondary N) is 2. The standard InChI is InChI=1S/C49H66F3N7O6/c1-48-17-13-37-36-10-8-35(27-33(36)5-9-38(37)39(48)11-12-42(48)60)64-26-2-18-53-46(63)32-3-6-34(7-4-32)59-20-15-31(16-21-59)28-57-22-24-58(25-23-57)29-41-45(62)44(61)40(30-65-41)55-43-14-19-54-47(56-43)49(50,51)52/h3-4,6-8,10,14,19,27,31,37-42,44-45,60-62H,2,5,9,11-13,15-18,20-26,28-30H2,1H3,(H,53,63)(H,54,55,56)/t37-,38-,39+,40+,41-,42+,44-,45+,48+/m1/s1. The first-order valence-electron chi connectivity index (χ1n) is 24.0. The molecule has 354 valence electrons. The lowest BCUT2D eigenvalue weighted by Crippen LogP contribution is -2.59. The molecule has 3 aliphatic carbocycles. The Balaban J connectivity index is 0.641. The van der Waals surface area contributed by atoms with Crippen molar-refractivity contribution >= 4 is 17.4 Å². The van der Waals surface area contributed by atoms with E-state index in [1.807, 2.05) is 24.3 Å². The van der Waals surface area contributed by atoms with Crippen LogP contribution in [0.4, 0.5) is 24.7 Å². The molecule has 3 aromatic rings. The average molecular weight is 906 g/mol. The van der Waals surface area contributed by atoms with Gasteiger partial charge in [-0.2, -0.15) is 13.2 Å². The molecule has 2 saturated carbocycles. The average Bonchev–Trinajstić information content (AvgIpc) is 3.62. The molecule has 1 aromatic heterocycles. The Morgan fingerprint density at radius 3 is 2.42 bits per heavy atom. The first-order valence-corrected chi connectivity index (χ1v) is 24.0. The van der Waals surface area contributed by atoms with Gasteiger partial charge in [-0.1, -0.05) is 13.0 Å². The number of ether oxygens (including phenoxy) is 2. The topological polar surface area (TPSA) is 156 Å². The van der Waals surface area contributed by atoms with Crippen molar-refractivity contribution in [3.8, 4) is 5.75 Å². The van der Waals surface area contributed by atoms with Crippen molar-refractivity contribution in [3.05, 3.63) is 77.2 Å². The van der Waals surface area contributed by atoms with Crippen molar-refractivity contribution < 1.29 is 42.8 Å². The molecule has 9 atom stereocenters. The maximum Gasteiger partial charge on any atom is 0.451 e. The number of nitrogens with zero attached hydrogens (tertiary/aromatic N) is 5. The fourth-order valence-corrected chi connectivity index (χ4v) is 12.1. The zero-order valence-corrected chi connectivity index (χ0v) is 37.5. The Morgan fingerprint density at radius 2 is 1.66 bits per heavy atom. The van der Waals surface area contributed by atoms with Gasteiger partial charge >= 0.3 is 6.18 Å². The summed E-state index contributed by atoms with van der Waals surface area (Å²) in [6.45, 7) is 10.2. The number of halogens is 3. The Labute approximate surface area is 380 Å². The molecule has 0 unspecified atom stereocenters. The number of aryl methyl sites for hydroxylation is 1. The van der Waals surface area contributed by atoms with Gasteiger partial charge < -0.3 is 45.2 Å². The van der Waals surface area contributed by atoms with Crippen molar-refractivity contribution in [1.82, 2.24) is 25.1 Å². The van der Waals surface area contributed by atoms with E-state index in [9.17, 15) is 33.3 Å². The predicted octanol–water partition coefficient (Wildman–Crippen LogP) is 5.35. The summed E-state index contributed by atoms with van der Waals surface area (Å²) < 4.78 is 51.2. The number of piperazine rings is 1. The van der Waals surface area contributed by atoms with Crippen molar-refractivity contribution in [2.75, 3.05) is 82.3 Å². The fourth-order valence-electron chi connectivity index (χ4n) is 12.1. The Morgan fingerprint density at radius 1 is 0.908 bits per heavy atom. The minimum Gasteiger partial charge on any atom is -0.494 e.